The smallest absolute Gasteiger partial charge is 0.0436 e. The third kappa shape index (κ3) is 3.71. The van der Waals surface area contributed by atoms with Crippen LogP contribution in [0.2, 0.25) is 0 Å². The maximum absolute atomic E-state index is 9.05. The molecule has 2 aliphatic rings. The van der Waals surface area contributed by atoms with E-state index in [1.54, 1.807) is 0 Å². The summed E-state index contributed by atoms with van der Waals surface area (Å²) in [5.41, 5.74) is 0.982. The summed E-state index contributed by atoms with van der Waals surface area (Å²) in [7, 11) is 0. The van der Waals surface area contributed by atoms with Gasteiger partial charge in [0.05, 0.1) is 0 Å². The summed E-state index contributed by atoms with van der Waals surface area (Å²) in [6.45, 7) is 5.85. The van der Waals surface area contributed by atoms with Crippen LogP contribution < -0.4 is 5.32 Å². The highest BCUT2D eigenvalue weighted by atomic mass is 16.3. The predicted octanol–water partition coefficient (Wildman–Crippen LogP) is 3.49. The van der Waals surface area contributed by atoms with Crippen molar-refractivity contribution in [2.45, 2.75) is 77.7 Å². The third-order valence-corrected chi connectivity index (χ3v) is 5.37. The Balaban J connectivity index is 1.70. The van der Waals surface area contributed by atoms with Gasteiger partial charge in [0.1, 0.15) is 0 Å². The van der Waals surface area contributed by atoms with Crippen molar-refractivity contribution in [3.63, 3.8) is 0 Å². The first kappa shape index (κ1) is 14.3. The molecule has 0 amide bonds. The average Bonchev–Trinajstić information content (AvgIpc) is 2.77. The van der Waals surface area contributed by atoms with Crippen LogP contribution in [0, 0.1) is 10.8 Å². The summed E-state index contributed by atoms with van der Waals surface area (Å²) in [6.07, 6.45) is 12.5. The van der Waals surface area contributed by atoms with E-state index in [2.05, 4.69) is 19.2 Å². The molecule has 0 atom stereocenters. The first-order chi connectivity index (χ1) is 8.55. The molecule has 1 spiro atoms. The molecule has 0 aromatic rings. The Morgan fingerprint density at radius 1 is 1.11 bits per heavy atom. The van der Waals surface area contributed by atoms with E-state index in [4.69, 9.17) is 5.11 Å². The number of hydrogen-bond donors (Lipinski definition) is 2. The van der Waals surface area contributed by atoms with Gasteiger partial charge in [0, 0.05) is 19.2 Å². The predicted molar refractivity (Wildman–Crippen MR) is 76.6 cm³/mol. The zero-order chi connectivity index (χ0) is 13.1. The molecular formula is C16H31NO. The summed E-state index contributed by atoms with van der Waals surface area (Å²) in [5.74, 6) is 0. The van der Waals surface area contributed by atoms with Gasteiger partial charge in [-0.05, 0) is 55.8 Å². The van der Waals surface area contributed by atoms with Crippen molar-refractivity contribution in [1.82, 2.24) is 5.32 Å². The number of nitrogens with one attached hydrogen (secondary N) is 1. The molecule has 2 heteroatoms. The van der Waals surface area contributed by atoms with Gasteiger partial charge in [-0.15, -0.1) is 0 Å². The Bertz CT molecular complexity index is 246. The molecule has 106 valence electrons. The van der Waals surface area contributed by atoms with Crippen molar-refractivity contribution in [3.05, 3.63) is 0 Å². The van der Waals surface area contributed by atoms with E-state index in [0.29, 0.717) is 6.61 Å². The Labute approximate surface area is 113 Å². The van der Waals surface area contributed by atoms with E-state index in [9.17, 15) is 0 Å². The van der Waals surface area contributed by atoms with Crippen LogP contribution in [-0.2, 0) is 0 Å². The number of aliphatic hydroxyl groups is 1. The molecule has 0 aromatic heterocycles. The maximum atomic E-state index is 9.05. The quantitative estimate of drug-likeness (QED) is 0.786. The van der Waals surface area contributed by atoms with Crippen molar-refractivity contribution >= 4 is 0 Å². The Hall–Kier alpha value is -0.0800. The molecule has 0 radical (unpaired) electrons. The molecule has 18 heavy (non-hydrogen) atoms. The third-order valence-electron chi connectivity index (χ3n) is 5.37. The van der Waals surface area contributed by atoms with Crippen LogP contribution in [-0.4, -0.2) is 24.3 Å². The SMILES string of the molecule is CC(C)(CCO)CNC1CCC2(CCCC2)CC1. The fourth-order valence-corrected chi connectivity index (χ4v) is 3.87. The fourth-order valence-electron chi connectivity index (χ4n) is 3.87. The normalized spacial score (nSPS) is 24.8. The molecule has 2 fully saturated rings. The van der Waals surface area contributed by atoms with E-state index in [0.717, 1.165) is 24.4 Å². The topological polar surface area (TPSA) is 32.3 Å². The van der Waals surface area contributed by atoms with Crippen LogP contribution in [0.4, 0.5) is 0 Å². The number of aliphatic hydroxyl groups excluding tert-OH is 1. The molecule has 0 bridgehead atoms. The second-order valence-corrected chi connectivity index (χ2v) is 7.50. The van der Waals surface area contributed by atoms with Gasteiger partial charge in [0.25, 0.3) is 0 Å². The van der Waals surface area contributed by atoms with Gasteiger partial charge >= 0.3 is 0 Å². The molecule has 2 rings (SSSR count). The fraction of sp³-hybridized carbons (Fsp3) is 1.00. The van der Waals surface area contributed by atoms with Gasteiger partial charge < -0.3 is 10.4 Å². The van der Waals surface area contributed by atoms with E-state index >= 15 is 0 Å². The van der Waals surface area contributed by atoms with Crippen LogP contribution in [0.25, 0.3) is 0 Å². The minimum atomic E-state index is 0.233. The maximum Gasteiger partial charge on any atom is 0.0436 e. The van der Waals surface area contributed by atoms with E-state index in [-0.39, 0.29) is 5.41 Å². The van der Waals surface area contributed by atoms with E-state index in [1.165, 1.54) is 51.4 Å². The first-order valence-electron chi connectivity index (χ1n) is 7.90. The lowest BCUT2D eigenvalue weighted by atomic mass is 9.71. The minimum absolute atomic E-state index is 0.233. The highest BCUT2D eigenvalue weighted by molar-refractivity contribution is 4.91. The monoisotopic (exact) mass is 253 g/mol. The lowest BCUT2D eigenvalue weighted by Gasteiger charge is -2.38. The Kier molecular flexibility index (Phi) is 4.71. The molecule has 0 heterocycles. The van der Waals surface area contributed by atoms with Gasteiger partial charge in [-0.2, -0.15) is 0 Å². The van der Waals surface area contributed by atoms with Gasteiger partial charge in [0.2, 0.25) is 0 Å². The molecule has 0 unspecified atom stereocenters. The van der Waals surface area contributed by atoms with Gasteiger partial charge in [-0.25, -0.2) is 0 Å². The van der Waals surface area contributed by atoms with Gasteiger partial charge in [0.15, 0.2) is 0 Å². The van der Waals surface area contributed by atoms with E-state index in [1.807, 2.05) is 0 Å². The highest BCUT2D eigenvalue weighted by Crippen LogP contribution is 2.48. The highest BCUT2D eigenvalue weighted by Gasteiger charge is 2.37. The van der Waals surface area contributed by atoms with Crippen molar-refractivity contribution in [1.29, 1.82) is 0 Å². The van der Waals surface area contributed by atoms with Crippen LogP contribution >= 0.6 is 0 Å². The van der Waals surface area contributed by atoms with Crippen LogP contribution in [0.5, 0.6) is 0 Å². The summed E-state index contributed by atoms with van der Waals surface area (Å²) >= 11 is 0. The zero-order valence-electron chi connectivity index (χ0n) is 12.3. The number of rotatable bonds is 5. The molecule has 2 N–H and O–H groups in total. The molecule has 0 saturated heterocycles. The molecule has 0 aliphatic heterocycles. The van der Waals surface area contributed by atoms with Crippen LogP contribution in [0.15, 0.2) is 0 Å². The first-order valence-corrected chi connectivity index (χ1v) is 7.90. The van der Waals surface area contributed by atoms with Crippen molar-refractivity contribution in [2.24, 2.45) is 10.8 Å². The van der Waals surface area contributed by atoms with Crippen molar-refractivity contribution in [2.75, 3.05) is 13.2 Å². The Morgan fingerprint density at radius 2 is 1.72 bits per heavy atom. The van der Waals surface area contributed by atoms with Crippen molar-refractivity contribution in [3.8, 4) is 0 Å². The molecule has 0 aromatic carbocycles. The second kappa shape index (κ2) is 5.92. The molecule has 2 nitrogen and oxygen atoms in total. The van der Waals surface area contributed by atoms with Crippen LogP contribution in [0.3, 0.4) is 0 Å². The molecular weight excluding hydrogens is 222 g/mol. The summed E-state index contributed by atoms with van der Waals surface area (Å²) in [6, 6.07) is 0.731. The van der Waals surface area contributed by atoms with Crippen LogP contribution in [0.1, 0.15) is 71.6 Å². The minimum Gasteiger partial charge on any atom is -0.396 e. The van der Waals surface area contributed by atoms with E-state index < -0.39 is 0 Å². The summed E-state index contributed by atoms with van der Waals surface area (Å²) in [4.78, 5) is 0. The Morgan fingerprint density at radius 3 is 2.28 bits per heavy atom. The lowest BCUT2D eigenvalue weighted by Crippen LogP contribution is -2.41. The van der Waals surface area contributed by atoms with Crippen molar-refractivity contribution < 1.29 is 5.11 Å². The summed E-state index contributed by atoms with van der Waals surface area (Å²) in [5, 5.41) is 12.8. The lowest BCUT2D eigenvalue weighted by molar-refractivity contribution is 0.153. The second-order valence-electron chi connectivity index (χ2n) is 7.50. The molecule has 2 saturated carbocycles. The number of hydrogen-bond acceptors (Lipinski definition) is 2. The standard InChI is InChI=1S/C16H31NO/c1-15(2,11-12-18)13-17-14-5-9-16(10-6-14)7-3-4-8-16/h14,17-18H,3-13H2,1-2H3. The molecule has 2 aliphatic carbocycles. The van der Waals surface area contributed by atoms with Gasteiger partial charge in [-0.1, -0.05) is 26.7 Å². The summed E-state index contributed by atoms with van der Waals surface area (Å²) < 4.78 is 0. The zero-order valence-corrected chi connectivity index (χ0v) is 12.3. The largest absolute Gasteiger partial charge is 0.396 e. The van der Waals surface area contributed by atoms with Gasteiger partial charge in [-0.3, -0.25) is 0 Å². The average molecular weight is 253 g/mol.